The first-order valence-corrected chi connectivity index (χ1v) is 20.2. The summed E-state index contributed by atoms with van der Waals surface area (Å²) in [5.41, 5.74) is 3.76. The second kappa shape index (κ2) is 21.4. The predicted molar refractivity (Wildman–Crippen MR) is 182 cm³/mol. The molecule has 26 heteroatoms. The molecule has 330 valence electrons. The lowest BCUT2D eigenvalue weighted by molar-refractivity contribution is -0.510. The number of aliphatic hydroxyl groups excluding tert-OH is 13. The number of hydrogen-bond donors (Lipinski definition) is 16. The Kier molecular flexibility index (Phi) is 18.5. The van der Waals surface area contributed by atoms with Crippen LogP contribution >= 0.6 is 20.5 Å². The van der Waals surface area contributed by atoms with Crippen LogP contribution in [0.2, 0.25) is 0 Å². The maximum absolute atomic E-state index is 12.8. The minimum Gasteiger partial charge on any atom is -0.394 e. The van der Waals surface area contributed by atoms with E-state index in [4.69, 9.17) is 37.5 Å². The number of aliphatic hydroxyl groups is 13. The zero-order chi connectivity index (χ0) is 41.6. The van der Waals surface area contributed by atoms with Gasteiger partial charge in [0.05, 0.1) is 26.4 Å². The summed E-state index contributed by atoms with van der Waals surface area (Å²) in [6.45, 7) is -2.62. The number of phosphoric acid groups is 1. The van der Waals surface area contributed by atoms with Gasteiger partial charge in [0.1, 0.15) is 104 Å². The molecule has 56 heavy (non-hydrogen) atoms. The molecule has 0 bridgehead atoms. The van der Waals surface area contributed by atoms with E-state index in [0.29, 0.717) is 18.6 Å². The molecule has 4 rings (SSSR count). The molecular weight excluding hydrogens is 805 g/mol. The summed E-state index contributed by atoms with van der Waals surface area (Å²) in [6, 6.07) is -1.45. The number of quaternary nitrogens is 1. The van der Waals surface area contributed by atoms with Crippen LogP contribution in [-0.2, 0) is 42.0 Å². The molecule has 3 heterocycles. The van der Waals surface area contributed by atoms with Crippen LogP contribution in [0.1, 0.15) is 25.7 Å². The molecule has 0 radical (unpaired) electrons. The molecule has 1 saturated carbocycles. The molecule has 0 aromatic rings. The van der Waals surface area contributed by atoms with Gasteiger partial charge in [0.2, 0.25) is 6.29 Å². The van der Waals surface area contributed by atoms with Crippen LogP contribution in [0, 0.1) is 0 Å². The Balaban J connectivity index is 1.43. The van der Waals surface area contributed by atoms with Gasteiger partial charge in [-0.05, 0) is 18.6 Å². The molecule has 4 fully saturated rings. The predicted octanol–water partition coefficient (Wildman–Crippen LogP) is -8.48. The Labute approximate surface area is 325 Å². The summed E-state index contributed by atoms with van der Waals surface area (Å²) >= 11 is 4.11. The summed E-state index contributed by atoms with van der Waals surface area (Å²) in [7, 11) is -5.00. The van der Waals surface area contributed by atoms with E-state index in [1.165, 1.54) is 0 Å². The van der Waals surface area contributed by atoms with Crippen LogP contribution < -0.4 is 5.73 Å². The molecule has 1 aliphatic carbocycles. The molecule has 3 aliphatic heterocycles. The van der Waals surface area contributed by atoms with Crippen LogP contribution in [0.15, 0.2) is 0 Å². The van der Waals surface area contributed by atoms with Crippen LogP contribution in [0.25, 0.3) is 0 Å². The molecule has 3 saturated heterocycles. The van der Waals surface area contributed by atoms with Crippen molar-refractivity contribution in [3.8, 4) is 0 Å². The van der Waals surface area contributed by atoms with E-state index in [9.17, 15) is 75.8 Å². The Morgan fingerprint density at radius 1 is 0.554 bits per heavy atom. The second-order valence-corrected chi connectivity index (χ2v) is 16.0. The van der Waals surface area contributed by atoms with Gasteiger partial charge in [-0.3, -0.25) is 9.05 Å². The lowest BCUT2D eigenvalue weighted by Gasteiger charge is -2.48. The van der Waals surface area contributed by atoms with E-state index in [-0.39, 0.29) is 6.61 Å². The zero-order valence-electron chi connectivity index (χ0n) is 30.0. The topological polar surface area (TPSA) is 402 Å². The van der Waals surface area contributed by atoms with Crippen molar-refractivity contribution in [1.29, 1.82) is 0 Å². The van der Waals surface area contributed by atoms with Gasteiger partial charge in [-0.1, -0.05) is 12.8 Å². The average Bonchev–Trinajstić information content (AvgIpc) is 3.17. The number of rotatable bonds is 18. The fraction of sp³-hybridized carbons (Fsp3) is 1.00. The molecule has 0 spiro atoms. The highest BCUT2D eigenvalue weighted by molar-refractivity contribution is 7.80. The smallest absolute Gasteiger partial charge is 0.394 e. The minimum atomic E-state index is -5.00. The lowest BCUT2D eigenvalue weighted by atomic mass is 9.84. The molecule has 17 N–H and O–H groups in total. The van der Waals surface area contributed by atoms with E-state index < -0.39 is 156 Å². The van der Waals surface area contributed by atoms with Crippen LogP contribution in [0.4, 0.5) is 0 Å². The van der Waals surface area contributed by atoms with E-state index in [1.807, 2.05) is 0 Å². The quantitative estimate of drug-likeness (QED) is 0.0346. The molecule has 0 amide bonds. The summed E-state index contributed by atoms with van der Waals surface area (Å²) in [4.78, 5) is 10.4. The molecule has 1 unspecified atom stereocenters. The summed E-state index contributed by atoms with van der Waals surface area (Å²) in [5, 5.41) is 135. The molecular formula is C30H57NO23PS+. The standard InChI is InChI=1S/C30H56NO23PS/c31-13-16(36)25(52-30-24(44)18(38)15(35)12(51-30)9-47-29-23(43)17(37)14(34)10(7-32)49-29)11(8-33)50-28(13)53-26-21(41)19(39)20(40)22(42)27(26)54-55(45,46)48-5-3-1-2-4-6-56/h10-30,32-44,56H,1-9,31H2,(H,45,46)/p+1/t10-,11-,12-,13-,14-,15-,16-,17+,18+,19-,20-,21+,22-,23+,24+,25-,26-,27-,28-,29+,30-/m1/s1. The summed E-state index contributed by atoms with van der Waals surface area (Å²) in [5.74, 6) is 0.658. The Hall–Kier alpha value is -0.340. The zero-order valence-corrected chi connectivity index (χ0v) is 31.8. The Bertz CT molecular complexity index is 1230. The van der Waals surface area contributed by atoms with Crippen molar-refractivity contribution in [3.63, 3.8) is 0 Å². The van der Waals surface area contributed by atoms with Gasteiger partial charge in [0.15, 0.2) is 18.6 Å². The van der Waals surface area contributed by atoms with E-state index >= 15 is 0 Å². The molecule has 4 aliphatic rings. The van der Waals surface area contributed by atoms with Gasteiger partial charge in [-0.25, -0.2) is 4.57 Å². The third-order valence-electron chi connectivity index (χ3n) is 10.1. The number of hydrogen-bond acceptors (Lipinski definition) is 23. The molecule has 24 nitrogen and oxygen atoms in total. The van der Waals surface area contributed by atoms with E-state index in [1.54, 1.807) is 0 Å². The fourth-order valence-electron chi connectivity index (χ4n) is 6.69. The van der Waals surface area contributed by atoms with Gasteiger partial charge in [0.25, 0.3) is 0 Å². The Morgan fingerprint density at radius 3 is 1.66 bits per heavy atom. The maximum atomic E-state index is 12.8. The van der Waals surface area contributed by atoms with Crippen LogP contribution in [-0.4, -0.2) is 232 Å². The highest BCUT2D eigenvalue weighted by Crippen LogP contribution is 2.48. The molecule has 0 aromatic carbocycles. The molecule has 0 aromatic heterocycles. The van der Waals surface area contributed by atoms with Crippen LogP contribution in [0.3, 0.4) is 0 Å². The lowest BCUT2D eigenvalue weighted by Crippen LogP contribution is -2.79. The normalized spacial score (nSPS) is 47.4. The van der Waals surface area contributed by atoms with Crippen molar-refractivity contribution in [2.24, 2.45) is 0 Å². The van der Waals surface area contributed by atoms with Gasteiger partial charge in [-0.15, -0.1) is 0 Å². The van der Waals surface area contributed by atoms with Crippen molar-refractivity contribution in [1.82, 2.24) is 0 Å². The fourth-order valence-corrected chi connectivity index (χ4v) is 7.88. The number of unbranched alkanes of at least 4 members (excludes halogenated alkanes) is 3. The third kappa shape index (κ3) is 11.3. The second-order valence-electron chi connectivity index (χ2n) is 14.1. The van der Waals surface area contributed by atoms with Crippen molar-refractivity contribution in [2.75, 3.05) is 32.2 Å². The summed E-state index contributed by atoms with van der Waals surface area (Å²) in [6.07, 6.45) is -34.1. The maximum Gasteiger partial charge on any atom is 0.472 e. The molecule has 22 atom stereocenters. The average molecular weight is 863 g/mol. The van der Waals surface area contributed by atoms with Crippen LogP contribution in [0.5, 0.6) is 0 Å². The monoisotopic (exact) mass is 862 g/mol. The van der Waals surface area contributed by atoms with Gasteiger partial charge in [-0.2, -0.15) is 12.6 Å². The SMILES string of the molecule is [NH3+][C@H]1[C@@H](O[C@@H]2[C@@H](O)[C@H](O)[C@@H](O)[C@@H](O)[C@H]2OP(=O)(O)OCCCCCCS)O[C@H](CO)[C@@H](O[C@H]2O[C@H](CO[C@H]3O[C@H](CO)[C@@H](O)[C@H](O)[C@@H]3O)[C@@H](O)[C@H](O)[C@@H]2O)[C@@H]1O. The summed E-state index contributed by atoms with van der Waals surface area (Å²) < 4.78 is 56.4. The van der Waals surface area contributed by atoms with Gasteiger partial charge in [0, 0.05) is 0 Å². The third-order valence-corrected chi connectivity index (χ3v) is 11.4. The van der Waals surface area contributed by atoms with E-state index in [2.05, 4.69) is 18.4 Å². The first kappa shape index (κ1) is 48.3. The van der Waals surface area contributed by atoms with Gasteiger partial charge < -0.3 is 105 Å². The van der Waals surface area contributed by atoms with E-state index in [0.717, 1.165) is 12.8 Å². The highest BCUT2D eigenvalue weighted by atomic mass is 32.1. The minimum absolute atomic E-state index is 0.234. The Morgan fingerprint density at radius 2 is 1.05 bits per heavy atom. The van der Waals surface area contributed by atoms with Crippen molar-refractivity contribution < 1.29 is 119 Å². The highest BCUT2D eigenvalue weighted by Gasteiger charge is 2.57. The van der Waals surface area contributed by atoms with Crippen molar-refractivity contribution in [2.45, 2.75) is 154 Å². The van der Waals surface area contributed by atoms with Gasteiger partial charge >= 0.3 is 7.82 Å². The van der Waals surface area contributed by atoms with Crippen molar-refractivity contribution >= 4 is 20.5 Å². The number of thiol groups is 1. The largest absolute Gasteiger partial charge is 0.472 e. The number of ether oxygens (including phenoxy) is 6. The first-order chi connectivity index (χ1) is 26.4. The number of phosphoric ester groups is 1. The first-order valence-electron chi connectivity index (χ1n) is 18.1. The van der Waals surface area contributed by atoms with Crippen molar-refractivity contribution in [3.05, 3.63) is 0 Å².